The number of anilines is 1. The third kappa shape index (κ3) is 4.81. The second-order valence-corrected chi connectivity index (χ2v) is 9.74. The average Bonchev–Trinajstić information content (AvgIpc) is 2.85. The van der Waals surface area contributed by atoms with E-state index in [2.05, 4.69) is 9.97 Å². The van der Waals surface area contributed by atoms with Gasteiger partial charge in [0.05, 0.1) is 29.1 Å². The molecule has 3 aromatic carbocycles. The van der Waals surface area contributed by atoms with Gasteiger partial charge in [-0.15, -0.1) is 0 Å². The molecule has 1 unspecified atom stereocenters. The largest absolute Gasteiger partial charge is 0.387 e. The molecule has 1 aromatic heterocycles. The number of nitrogen functional groups attached to an aromatic ring is 1. The Morgan fingerprint density at radius 3 is 2.35 bits per heavy atom. The fourth-order valence-electron chi connectivity index (χ4n) is 3.59. The van der Waals surface area contributed by atoms with Crippen LogP contribution in [0.3, 0.4) is 0 Å². The molecule has 0 aliphatic carbocycles. The molecule has 0 saturated carbocycles. The van der Waals surface area contributed by atoms with Crippen LogP contribution in [0.1, 0.15) is 11.7 Å². The molecular formula is C25H23FN4O3S. The zero-order chi connectivity index (χ0) is 24.3. The number of benzene rings is 3. The van der Waals surface area contributed by atoms with E-state index in [1.807, 2.05) is 6.07 Å². The van der Waals surface area contributed by atoms with E-state index >= 15 is 0 Å². The van der Waals surface area contributed by atoms with Crippen LogP contribution >= 0.6 is 0 Å². The van der Waals surface area contributed by atoms with E-state index in [1.54, 1.807) is 48.5 Å². The minimum absolute atomic E-state index is 0.0113. The van der Waals surface area contributed by atoms with Gasteiger partial charge in [0.25, 0.3) is 0 Å². The van der Waals surface area contributed by atoms with Crippen molar-refractivity contribution in [2.75, 3.05) is 19.3 Å². The first-order valence-corrected chi connectivity index (χ1v) is 11.9. The molecule has 0 aliphatic heterocycles. The predicted octanol–water partition coefficient (Wildman–Crippen LogP) is 3.89. The Hall–Kier alpha value is -3.66. The number of nitrogens with zero attached hydrogens (tertiary/aromatic N) is 3. The lowest BCUT2D eigenvalue weighted by molar-refractivity contribution is 0.155. The maximum Gasteiger partial charge on any atom is 0.243 e. The molecule has 4 aromatic rings. The topological polar surface area (TPSA) is 109 Å². The average molecular weight is 479 g/mol. The quantitative estimate of drug-likeness (QED) is 0.417. The SMILES string of the molecule is CN(CC(O)c1ccccc1)S(=O)(=O)c1ccccc1-c1ccc(-c2cnc(N)cn2)c(F)c1. The Bertz CT molecular complexity index is 1400. The second kappa shape index (κ2) is 9.68. The van der Waals surface area contributed by atoms with E-state index in [4.69, 9.17) is 5.73 Å². The number of aliphatic hydroxyl groups excluding tert-OH is 1. The number of halogens is 1. The van der Waals surface area contributed by atoms with E-state index in [0.29, 0.717) is 22.4 Å². The third-order valence-corrected chi connectivity index (χ3v) is 7.30. The van der Waals surface area contributed by atoms with Gasteiger partial charge in [0.2, 0.25) is 10.0 Å². The number of aromatic nitrogens is 2. The summed E-state index contributed by atoms with van der Waals surface area (Å²) in [7, 11) is -2.58. The smallest absolute Gasteiger partial charge is 0.243 e. The van der Waals surface area contributed by atoms with Crippen molar-refractivity contribution >= 4 is 15.8 Å². The van der Waals surface area contributed by atoms with Gasteiger partial charge in [-0.25, -0.2) is 17.8 Å². The Morgan fingerprint density at radius 1 is 0.971 bits per heavy atom. The molecule has 0 bridgehead atoms. The van der Waals surface area contributed by atoms with E-state index < -0.39 is 21.9 Å². The fourth-order valence-corrected chi connectivity index (χ4v) is 4.98. The van der Waals surface area contributed by atoms with Gasteiger partial charge in [0, 0.05) is 24.7 Å². The van der Waals surface area contributed by atoms with Gasteiger partial charge >= 0.3 is 0 Å². The maximum absolute atomic E-state index is 15.0. The summed E-state index contributed by atoms with van der Waals surface area (Å²) in [6.45, 7) is -0.135. The first-order valence-electron chi connectivity index (χ1n) is 10.4. The summed E-state index contributed by atoms with van der Waals surface area (Å²) < 4.78 is 42.9. The molecule has 1 atom stereocenters. The van der Waals surface area contributed by atoms with Gasteiger partial charge in [0.1, 0.15) is 11.6 Å². The van der Waals surface area contributed by atoms with Crippen molar-refractivity contribution in [3.63, 3.8) is 0 Å². The van der Waals surface area contributed by atoms with Crippen molar-refractivity contribution < 1.29 is 17.9 Å². The molecule has 3 N–H and O–H groups in total. The maximum atomic E-state index is 15.0. The van der Waals surface area contributed by atoms with Crippen LogP contribution in [0.25, 0.3) is 22.4 Å². The molecule has 0 radical (unpaired) electrons. The number of likely N-dealkylation sites (N-methyl/N-ethyl adjacent to an activating group) is 1. The highest BCUT2D eigenvalue weighted by atomic mass is 32.2. The number of aliphatic hydroxyl groups is 1. The predicted molar refractivity (Wildman–Crippen MR) is 128 cm³/mol. The van der Waals surface area contributed by atoms with Gasteiger partial charge in [-0.3, -0.25) is 4.98 Å². The second-order valence-electron chi connectivity index (χ2n) is 7.73. The Kier molecular flexibility index (Phi) is 6.69. The van der Waals surface area contributed by atoms with Crippen molar-refractivity contribution in [1.82, 2.24) is 14.3 Å². The molecule has 0 aliphatic rings. The number of nitrogens with two attached hydrogens (primary N) is 1. The van der Waals surface area contributed by atoms with E-state index in [9.17, 15) is 17.9 Å². The molecule has 0 saturated heterocycles. The van der Waals surface area contributed by atoms with Crippen LogP contribution in [0.15, 0.2) is 90.1 Å². The minimum Gasteiger partial charge on any atom is -0.387 e. The standard InChI is InChI=1S/C25H23FN4O3S/c1-30(16-23(31)17-7-3-2-4-8-17)34(32,33)24-10-6-5-9-19(24)18-11-12-20(21(26)13-18)22-14-29-25(27)15-28-22/h2-15,23,31H,16H2,1H3,(H2,27,29). The van der Waals surface area contributed by atoms with Crippen LogP contribution in [-0.4, -0.2) is 41.4 Å². The van der Waals surface area contributed by atoms with Crippen molar-refractivity contribution in [3.05, 3.63) is 96.6 Å². The molecule has 174 valence electrons. The van der Waals surface area contributed by atoms with Gasteiger partial charge in [-0.05, 0) is 29.3 Å². The number of hydrogen-bond acceptors (Lipinski definition) is 6. The molecular weight excluding hydrogens is 455 g/mol. The first kappa shape index (κ1) is 23.5. The lowest BCUT2D eigenvalue weighted by Gasteiger charge is -2.22. The summed E-state index contributed by atoms with van der Waals surface area (Å²) in [5.74, 6) is -0.349. The third-order valence-electron chi connectivity index (χ3n) is 5.42. The summed E-state index contributed by atoms with van der Waals surface area (Å²) in [6, 6.07) is 19.6. The highest BCUT2D eigenvalue weighted by Crippen LogP contribution is 2.32. The van der Waals surface area contributed by atoms with E-state index in [1.165, 1.54) is 37.6 Å². The Morgan fingerprint density at radius 2 is 1.68 bits per heavy atom. The van der Waals surface area contributed by atoms with Crippen molar-refractivity contribution in [1.29, 1.82) is 0 Å². The molecule has 34 heavy (non-hydrogen) atoms. The van der Waals surface area contributed by atoms with Crippen LogP contribution in [0.4, 0.5) is 10.2 Å². The van der Waals surface area contributed by atoms with Crippen molar-refractivity contribution in [3.8, 4) is 22.4 Å². The Labute approximate surface area is 197 Å². The molecule has 0 spiro atoms. The normalized spacial score (nSPS) is 12.6. The fraction of sp³-hybridized carbons (Fsp3) is 0.120. The summed E-state index contributed by atoms with van der Waals surface area (Å²) in [5, 5.41) is 10.5. The molecule has 0 amide bonds. The zero-order valence-corrected chi connectivity index (χ0v) is 19.2. The highest BCUT2D eigenvalue weighted by Gasteiger charge is 2.26. The van der Waals surface area contributed by atoms with Crippen LogP contribution < -0.4 is 5.73 Å². The van der Waals surface area contributed by atoms with E-state index in [-0.39, 0.29) is 22.8 Å². The summed E-state index contributed by atoms with van der Waals surface area (Å²) in [5.41, 5.74) is 7.43. The summed E-state index contributed by atoms with van der Waals surface area (Å²) in [4.78, 5) is 8.03. The number of sulfonamides is 1. The van der Waals surface area contributed by atoms with Gasteiger partial charge in [0.15, 0.2) is 0 Å². The van der Waals surface area contributed by atoms with E-state index in [0.717, 1.165) is 4.31 Å². The van der Waals surface area contributed by atoms with Gasteiger partial charge < -0.3 is 10.8 Å². The number of rotatable bonds is 7. The highest BCUT2D eigenvalue weighted by molar-refractivity contribution is 7.89. The minimum atomic E-state index is -3.99. The molecule has 0 fully saturated rings. The molecule has 4 rings (SSSR count). The van der Waals surface area contributed by atoms with Crippen LogP contribution in [-0.2, 0) is 10.0 Å². The first-order chi connectivity index (χ1) is 16.3. The monoisotopic (exact) mass is 478 g/mol. The van der Waals surface area contributed by atoms with Crippen LogP contribution in [0.2, 0.25) is 0 Å². The lowest BCUT2D eigenvalue weighted by Crippen LogP contribution is -2.31. The number of hydrogen-bond donors (Lipinski definition) is 2. The molecule has 1 heterocycles. The van der Waals surface area contributed by atoms with Crippen molar-refractivity contribution in [2.24, 2.45) is 0 Å². The van der Waals surface area contributed by atoms with Gasteiger partial charge in [-0.2, -0.15) is 4.31 Å². The lowest BCUT2D eigenvalue weighted by atomic mass is 10.0. The van der Waals surface area contributed by atoms with Crippen LogP contribution in [0, 0.1) is 5.82 Å². The van der Waals surface area contributed by atoms with Crippen LogP contribution in [0.5, 0.6) is 0 Å². The summed E-state index contributed by atoms with van der Waals surface area (Å²) in [6.07, 6.45) is 1.72. The Balaban J connectivity index is 1.66. The molecule has 7 nitrogen and oxygen atoms in total. The zero-order valence-electron chi connectivity index (χ0n) is 18.3. The van der Waals surface area contributed by atoms with Crippen molar-refractivity contribution in [2.45, 2.75) is 11.0 Å². The van der Waals surface area contributed by atoms with Gasteiger partial charge in [-0.1, -0.05) is 54.6 Å². The molecule has 9 heteroatoms. The summed E-state index contributed by atoms with van der Waals surface area (Å²) >= 11 is 0.